The highest BCUT2D eigenvalue weighted by molar-refractivity contribution is 5.86. The number of carboxylic acid groups (broad SMARTS) is 1. The van der Waals surface area contributed by atoms with Crippen LogP contribution in [0.15, 0.2) is 12.7 Å². The monoisotopic (exact) mass is 280 g/mol. The minimum atomic E-state index is -3.55. The number of carbonyl (C=O) groups is 2. The maximum absolute atomic E-state index is 11.0. The summed E-state index contributed by atoms with van der Waals surface area (Å²) < 4.78 is 4.13. The summed E-state index contributed by atoms with van der Waals surface area (Å²) in [6.45, 7) is 2.56. The molecular formula is C10H16O9. The average Bonchev–Trinajstić information content (AvgIpc) is 2.35. The lowest BCUT2D eigenvalue weighted by Gasteiger charge is -2.40. The van der Waals surface area contributed by atoms with Crippen molar-refractivity contribution in [1.29, 1.82) is 0 Å². The fourth-order valence-corrected chi connectivity index (χ4v) is 1.23. The van der Waals surface area contributed by atoms with Gasteiger partial charge in [-0.3, -0.25) is 0 Å². The molecule has 0 bridgehead atoms. The highest BCUT2D eigenvalue weighted by Crippen LogP contribution is 2.29. The van der Waals surface area contributed by atoms with Crippen molar-refractivity contribution in [1.82, 2.24) is 0 Å². The fraction of sp³-hybridized carbons (Fsp3) is 0.600. The first-order chi connectivity index (χ1) is 8.54. The quantitative estimate of drug-likeness (QED) is 0.161. The highest BCUT2D eigenvalue weighted by atomic mass is 16.7. The summed E-state index contributed by atoms with van der Waals surface area (Å²) in [6, 6.07) is 0. The third kappa shape index (κ3) is 3.28. The Kier molecular flexibility index (Phi) is 5.60. The molecule has 0 aliphatic rings. The Balaban J connectivity index is 5.54. The molecule has 0 spiro atoms. The Hall–Kier alpha value is -1.52. The number of carboxylic acids is 1. The van der Waals surface area contributed by atoms with E-state index in [0.29, 0.717) is 13.0 Å². The van der Waals surface area contributed by atoms with Gasteiger partial charge in [0.25, 0.3) is 0 Å². The van der Waals surface area contributed by atoms with Gasteiger partial charge >= 0.3 is 17.7 Å². The fourth-order valence-electron chi connectivity index (χ4n) is 1.23. The second-order valence-electron chi connectivity index (χ2n) is 3.92. The van der Waals surface area contributed by atoms with Crippen molar-refractivity contribution in [2.45, 2.75) is 30.5 Å². The zero-order valence-corrected chi connectivity index (χ0v) is 10.1. The van der Waals surface area contributed by atoms with Crippen molar-refractivity contribution in [3.05, 3.63) is 12.7 Å². The molecule has 19 heavy (non-hydrogen) atoms. The molecule has 0 fully saturated rings. The van der Waals surface area contributed by atoms with Crippen LogP contribution < -0.4 is 0 Å². The minimum Gasteiger partial charge on any atom is -0.476 e. The van der Waals surface area contributed by atoms with Gasteiger partial charge in [0.2, 0.25) is 0 Å². The van der Waals surface area contributed by atoms with E-state index in [1.54, 1.807) is 0 Å². The van der Waals surface area contributed by atoms with Crippen LogP contribution in [0, 0.1) is 0 Å². The standard InChI is InChI=1S/C10H16O9/c1-3-6(13)19-10(18,8(15)16)9(2,17)7(14)5(12)4-11/h3,5,7,11-12,14,17-18H,1,4H2,2H3,(H,15,16)/t5-,7-,9+,10-/m1/s1. The predicted molar refractivity (Wildman–Crippen MR) is 58.6 cm³/mol. The first-order valence-electron chi connectivity index (χ1n) is 5.05. The lowest BCUT2D eigenvalue weighted by atomic mass is 9.86. The smallest absolute Gasteiger partial charge is 0.380 e. The second-order valence-corrected chi connectivity index (χ2v) is 3.92. The first kappa shape index (κ1) is 17.5. The minimum absolute atomic E-state index is 0.527. The van der Waals surface area contributed by atoms with Gasteiger partial charge < -0.3 is 35.4 Å². The molecule has 4 atom stereocenters. The number of esters is 1. The zero-order chi connectivity index (χ0) is 15.4. The molecule has 0 aliphatic heterocycles. The molecule has 0 aromatic rings. The summed E-state index contributed by atoms with van der Waals surface area (Å²) in [6.07, 6.45) is -3.75. The molecule has 0 radical (unpaired) electrons. The molecule has 0 saturated carbocycles. The van der Waals surface area contributed by atoms with E-state index in [1.807, 2.05) is 0 Å². The number of aliphatic carboxylic acids is 1. The van der Waals surface area contributed by atoms with Gasteiger partial charge in [0.05, 0.1) is 6.61 Å². The molecule has 0 amide bonds. The van der Waals surface area contributed by atoms with Gasteiger partial charge in [0.15, 0.2) is 5.60 Å². The molecule has 0 rings (SSSR count). The van der Waals surface area contributed by atoms with Gasteiger partial charge in [-0.05, 0) is 6.92 Å². The molecule has 6 N–H and O–H groups in total. The van der Waals surface area contributed by atoms with Crippen LogP contribution in [-0.2, 0) is 14.3 Å². The van der Waals surface area contributed by atoms with Gasteiger partial charge in [0.1, 0.15) is 12.2 Å². The maximum Gasteiger partial charge on any atom is 0.380 e. The molecule has 9 nitrogen and oxygen atoms in total. The highest BCUT2D eigenvalue weighted by Gasteiger charge is 2.61. The van der Waals surface area contributed by atoms with E-state index in [2.05, 4.69) is 11.3 Å². The third-order valence-electron chi connectivity index (χ3n) is 2.52. The van der Waals surface area contributed by atoms with Crippen LogP contribution in [0.1, 0.15) is 6.92 Å². The Bertz CT molecular complexity index is 364. The van der Waals surface area contributed by atoms with Crippen molar-refractivity contribution in [2.75, 3.05) is 6.61 Å². The van der Waals surface area contributed by atoms with Crippen LogP contribution >= 0.6 is 0 Å². The van der Waals surface area contributed by atoms with E-state index in [9.17, 15) is 30.0 Å². The summed E-state index contributed by atoms with van der Waals surface area (Å²) in [5, 5.41) is 55.7. The normalized spacial score (nSPS) is 20.5. The van der Waals surface area contributed by atoms with E-state index in [0.717, 1.165) is 0 Å². The van der Waals surface area contributed by atoms with Crippen molar-refractivity contribution in [3.63, 3.8) is 0 Å². The van der Waals surface area contributed by atoms with Crippen LogP contribution in [-0.4, -0.2) is 72.8 Å². The molecule has 0 aliphatic carbocycles. The molecule has 110 valence electrons. The van der Waals surface area contributed by atoms with Gasteiger partial charge in [-0.2, -0.15) is 0 Å². The van der Waals surface area contributed by atoms with Gasteiger partial charge in [0, 0.05) is 6.08 Å². The average molecular weight is 280 g/mol. The van der Waals surface area contributed by atoms with Crippen LogP contribution in [0.4, 0.5) is 0 Å². The number of aliphatic hydroxyl groups excluding tert-OH is 3. The summed E-state index contributed by atoms with van der Waals surface area (Å²) in [7, 11) is 0. The number of hydrogen-bond acceptors (Lipinski definition) is 8. The van der Waals surface area contributed by atoms with Crippen LogP contribution in [0.25, 0.3) is 0 Å². The van der Waals surface area contributed by atoms with Crippen LogP contribution in [0.2, 0.25) is 0 Å². The number of ether oxygens (including phenoxy) is 1. The topological polar surface area (TPSA) is 165 Å². The summed E-state index contributed by atoms with van der Waals surface area (Å²) in [5.41, 5.74) is -3.00. The Morgan fingerprint density at radius 2 is 1.84 bits per heavy atom. The first-order valence-corrected chi connectivity index (χ1v) is 5.05. The van der Waals surface area contributed by atoms with Crippen molar-refractivity contribution in [2.24, 2.45) is 0 Å². The van der Waals surface area contributed by atoms with Crippen LogP contribution in [0.3, 0.4) is 0 Å². The van der Waals surface area contributed by atoms with Crippen molar-refractivity contribution < 1.29 is 45.0 Å². The number of carbonyl (C=O) groups excluding carboxylic acids is 1. The molecule has 0 aromatic carbocycles. The van der Waals surface area contributed by atoms with Crippen molar-refractivity contribution in [3.8, 4) is 0 Å². The number of rotatable bonds is 7. The Labute approximate surface area is 108 Å². The van der Waals surface area contributed by atoms with E-state index < -0.39 is 42.1 Å². The van der Waals surface area contributed by atoms with Crippen molar-refractivity contribution >= 4 is 11.9 Å². The van der Waals surface area contributed by atoms with Crippen LogP contribution in [0.5, 0.6) is 0 Å². The van der Waals surface area contributed by atoms with E-state index in [1.165, 1.54) is 0 Å². The summed E-state index contributed by atoms with van der Waals surface area (Å²) >= 11 is 0. The molecule has 0 aromatic heterocycles. The third-order valence-corrected chi connectivity index (χ3v) is 2.52. The lowest BCUT2D eigenvalue weighted by molar-refractivity contribution is -0.302. The predicted octanol–water partition coefficient (Wildman–Crippen LogP) is -3.05. The van der Waals surface area contributed by atoms with Gasteiger partial charge in [-0.1, -0.05) is 6.58 Å². The summed E-state index contributed by atoms with van der Waals surface area (Å²) in [5.74, 6) is -7.11. The Morgan fingerprint density at radius 3 is 2.16 bits per heavy atom. The lowest BCUT2D eigenvalue weighted by Crippen LogP contribution is -2.68. The molecule has 0 unspecified atom stereocenters. The second kappa shape index (κ2) is 6.08. The van der Waals surface area contributed by atoms with E-state index >= 15 is 0 Å². The van der Waals surface area contributed by atoms with Gasteiger partial charge in [-0.25, -0.2) is 9.59 Å². The maximum atomic E-state index is 11.0. The Morgan fingerprint density at radius 1 is 1.37 bits per heavy atom. The SMILES string of the molecule is C=CC(=O)O[C@](O)(C(=O)O)[C@@](C)(O)[C@H](O)[C@H](O)CO. The molecule has 9 heteroatoms. The largest absolute Gasteiger partial charge is 0.476 e. The number of aliphatic hydroxyl groups is 5. The number of hydrogen-bond donors (Lipinski definition) is 6. The molecule has 0 heterocycles. The van der Waals surface area contributed by atoms with E-state index in [4.69, 9.17) is 10.2 Å². The molecular weight excluding hydrogens is 264 g/mol. The summed E-state index contributed by atoms with van der Waals surface area (Å²) in [4.78, 5) is 21.9. The zero-order valence-electron chi connectivity index (χ0n) is 10.1. The van der Waals surface area contributed by atoms with Gasteiger partial charge in [-0.15, -0.1) is 0 Å². The molecule has 0 saturated heterocycles. The van der Waals surface area contributed by atoms with E-state index in [-0.39, 0.29) is 0 Å².